The van der Waals surface area contributed by atoms with Crippen molar-refractivity contribution in [1.82, 2.24) is 9.80 Å². The summed E-state index contributed by atoms with van der Waals surface area (Å²) in [5.41, 5.74) is 7.35. The predicted octanol–water partition coefficient (Wildman–Crippen LogP) is 3.48. The van der Waals surface area contributed by atoms with Gasteiger partial charge in [-0.25, -0.2) is 4.99 Å². The zero-order valence-corrected chi connectivity index (χ0v) is 20.1. The highest BCUT2D eigenvalue weighted by molar-refractivity contribution is 14.0. The van der Waals surface area contributed by atoms with Gasteiger partial charge in [0.15, 0.2) is 5.96 Å². The lowest BCUT2D eigenvalue weighted by atomic mass is 10.1. The maximum atomic E-state index is 6.22. The Hall–Kier alpha value is -1.06. The number of aliphatic imine (C=N–C) groups is 1. The molecule has 7 heteroatoms. The van der Waals surface area contributed by atoms with Crippen molar-refractivity contribution < 1.29 is 9.47 Å². The zero-order chi connectivity index (χ0) is 19.6. The van der Waals surface area contributed by atoms with Crippen molar-refractivity contribution in [1.29, 1.82) is 0 Å². The molecule has 0 radical (unpaired) electrons. The second-order valence-corrected chi connectivity index (χ2v) is 7.90. The molecule has 2 N–H and O–H groups in total. The van der Waals surface area contributed by atoms with E-state index in [-0.39, 0.29) is 24.0 Å². The summed E-state index contributed by atoms with van der Waals surface area (Å²) in [6, 6.07) is 8.82. The molecule has 3 rings (SSSR count). The Labute approximate surface area is 192 Å². The summed E-state index contributed by atoms with van der Waals surface area (Å²) in [7, 11) is 2.18. The molecule has 0 amide bonds. The van der Waals surface area contributed by atoms with Gasteiger partial charge >= 0.3 is 0 Å². The van der Waals surface area contributed by atoms with Gasteiger partial charge in [0.1, 0.15) is 12.4 Å². The molecule has 1 aromatic rings. The highest BCUT2D eigenvalue weighted by Gasteiger charge is 2.18. The van der Waals surface area contributed by atoms with Gasteiger partial charge in [0, 0.05) is 38.9 Å². The maximum absolute atomic E-state index is 6.22. The van der Waals surface area contributed by atoms with Gasteiger partial charge in [-0.3, -0.25) is 4.90 Å². The first-order valence-electron chi connectivity index (χ1n) is 10.8. The molecule has 6 nitrogen and oxygen atoms in total. The van der Waals surface area contributed by atoms with Crippen molar-refractivity contribution in [2.45, 2.75) is 51.1 Å². The number of hydrogen-bond acceptors (Lipinski definition) is 4. The number of halogens is 1. The lowest BCUT2D eigenvalue weighted by Crippen LogP contribution is -2.38. The number of ether oxygens (including phenoxy) is 2. The molecule has 2 heterocycles. The number of nitrogens with zero attached hydrogens (tertiary/aromatic N) is 3. The normalized spacial score (nSPS) is 19.0. The van der Waals surface area contributed by atoms with Gasteiger partial charge in [-0.15, -0.1) is 24.0 Å². The molecule has 2 aliphatic rings. The SMILES string of the molecule is CN(CCOc1cccc(CN=C(N)N2CCCCCC2)c1)C1CCOCC1.I. The molecular formula is C22H37IN4O2. The highest BCUT2D eigenvalue weighted by Crippen LogP contribution is 2.16. The standard InChI is InChI=1S/C22H36N4O2.HI/c1-25(20-9-14-27-15-10-20)13-16-28-21-8-6-7-19(17-21)18-24-22(23)26-11-4-2-3-5-12-26;/h6-8,17,20H,2-5,9-16,18H2,1H3,(H2,23,24);1H. The Morgan fingerprint density at radius 3 is 2.66 bits per heavy atom. The largest absolute Gasteiger partial charge is 0.492 e. The quantitative estimate of drug-likeness (QED) is 0.342. The Morgan fingerprint density at radius 1 is 1.21 bits per heavy atom. The average molecular weight is 516 g/mol. The average Bonchev–Trinajstić information content (AvgIpc) is 3.02. The van der Waals surface area contributed by atoms with Crippen LogP contribution in [0.2, 0.25) is 0 Å². The summed E-state index contributed by atoms with van der Waals surface area (Å²) in [5.74, 6) is 1.58. The van der Waals surface area contributed by atoms with E-state index in [1.54, 1.807) is 0 Å². The van der Waals surface area contributed by atoms with Crippen molar-refractivity contribution in [3.63, 3.8) is 0 Å². The summed E-state index contributed by atoms with van der Waals surface area (Å²) < 4.78 is 11.4. The minimum absolute atomic E-state index is 0. The van der Waals surface area contributed by atoms with Crippen LogP contribution in [0.25, 0.3) is 0 Å². The van der Waals surface area contributed by atoms with Crippen LogP contribution < -0.4 is 10.5 Å². The topological polar surface area (TPSA) is 63.3 Å². The molecule has 1 aromatic carbocycles. The first kappa shape index (κ1) is 24.2. The fourth-order valence-corrected chi connectivity index (χ4v) is 3.92. The van der Waals surface area contributed by atoms with Crippen LogP contribution in [-0.4, -0.2) is 68.3 Å². The molecule has 2 saturated heterocycles. The minimum Gasteiger partial charge on any atom is -0.492 e. The Kier molecular flexibility index (Phi) is 11.1. The van der Waals surface area contributed by atoms with E-state index in [1.165, 1.54) is 25.7 Å². The molecule has 0 unspecified atom stereocenters. The third-order valence-corrected chi connectivity index (χ3v) is 5.78. The summed E-state index contributed by atoms with van der Waals surface area (Å²) >= 11 is 0. The molecule has 29 heavy (non-hydrogen) atoms. The maximum Gasteiger partial charge on any atom is 0.191 e. The molecule has 0 atom stereocenters. The molecule has 0 bridgehead atoms. The molecule has 0 aromatic heterocycles. The van der Waals surface area contributed by atoms with E-state index in [1.807, 2.05) is 12.1 Å². The second kappa shape index (κ2) is 13.3. The van der Waals surface area contributed by atoms with Crippen molar-refractivity contribution in [2.75, 3.05) is 46.5 Å². The number of guanidine groups is 1. The van der Waals surface area contributed by atoms with Crippen LogP contribution >= 0.6 is 24.0 Å². The Bertz CT molecular complexity index is 615. The summed E-state index contributed by atoms with van der Waals surface area (Å²) in [6.07, 6.45) is 7.24. The van der Waals surface area contributed by atoms with Crippen LogP contribution in [0.1, 0.15) is 44.1 Å². The summed E-state index contributed by atoms with van der Waals surface area (Å²) in [6.45, 7) is 6.02. The van der Waals surface area contributed by atoms with Crippen LogP contribution in [0.15, 0.2) is 29.3 Å². The molecule has 164 valence electrons. The first-order chi connectivity index (χ1) is 13.7. The van der Waals surface area contributed by atoms with Gasteiger partial charge in [-0.1, -0.05) is 25.0 Å². The minimum atomic E-state index is 0. The predicted molar refractivity (Wildman–Crippen MR) is 129 cm³/mol. The molecule has 0 saturated carbocycles. The summed E-state index contributed by atoms with van der Waals surface area (Å²) in [4.78, 5) is 9.22. The highest BCUT2D eigenvalue weighted by atomic mass is 127. The molecule has 2 fully saturated rings. The molecule has 0 aliphatic carbocycles. The monoisotopic (exact) mass is 516 g/mol. The third-order valence-electron chi connectivity index (χ3n) is 5.78. The van der Waals surface area contributed by atoms with E-state index in [0.717, 1.165) is 57.0 Å². The van der Waals surface area contributed by atoms with Crippen molar-refractivity contribution in [3.8, 4) is 5.75 Å². The smallest absolute Gasteiger partial charge is 0.191 e. The van der Waals surface area contributed by atoms with E-state index in [0.29, 0.717) is 25.2 Å². The van der Waals surface area contributed by atoms with Crippen LogP contribution in [0.4, 0.5) is 0 Å². The van der Waals surface area contributed by atoms with E-state index in [9.17, 15) is 0 Å². The van der Waals surface area contributed by atoms with Gasteiger partial charge in [-0.2, -0.15) is 0 Å². The van der Waals surface area contributed by atoms with Gasteiger partial charge in [0.05, 0.1) is 6.54 Å². The van der Waals surface area contributed by atoms with Gasteiger partial charge in [0.2, 0.25) is 0 Å². The van der Waals surface area contributed by atoms with E-state index >= 15 is 0 Å². The Balaban J connectivity index is 0.00000300. The molecular weight excluding hydrogens is 479 g/mol. The fraction of sp³-hybridized carbons (Fsp3) is 0.682. The molecule has 2 aliphatic heterocycles. The van der Waals surface area contributed by atoms with Crippen LogP contribution in [0, 0.1) is 0 Å². The van der Waals surface area contributed by atoms with Gasteiger partial charge in [-0.05, 0) is 50.4 Å². The molecule has 0 spiro atoms. The number of likely N-dealkylation sites (N-methyl/N-ethyl adjacent to an activating group) is 1. The van der Waals surface area contributed by atoms with Crippen molar-refractivity contribution in [2.24, 2.45) is 10.7 Å². The zero-order valence-electron chi connectivity index (χ0n) is 17.7. The number of nitrogens with two attached hydrogens (primary N) is 1. The lowest BCUT2D eigenvalue weighted by Gasteiger charge is -2.31. The van der Waals surface area contributed by atoms with E-state index in [2.05, 4.69) is 34.0 Å². The third kappa shape index (κ3) is 8.30. The van der Waals surface area contributed by atoms with Crippen LogP contribution in [0.3, 0.4) is 0 Å². The van der Waals surface area contributed by atoms with E-state index in [4.69, 9.17) is 15.2 Å². The Morgan fingerprint density at radius 2 is 1.93 bits per heavy atom. The fourth-order valence-electron chi connectivity index (χ4n) is 3.92. The second-order valence-electron chi connectivity index (χ2n) is 7.90. The first-order valence-corrected chi connectivity index (χ1v) is 10.8. The number of benzene rings is 1. The van der Waals surface area contributed by atoms with Crippen molar-refractivity contribution in [3.05, 3.63) is 29.8 Å². The van der Waals surface area contributed by atoms with E-state index < -0.39 is 0 Å². The number of rotatable bonds is 7. The van der Waals surface area contributed by atoms with Crippen LogP contribution in [0.5, 0.6) is 5.75 Å². The van der Waals surface area contributed by atoms with Gasteiger partial charge < -0.3 is 20.1 Å². The van der Waals surface area contributed by atoms with Gasteiger partial charge in [0.25, 0.3) is 0 Å². The number of hydrogen-bond donors (Lipinski definition) is 1. The summed E-state index contributed by atoms with van der Waals surface area (Å²) in [5, 5.41) is 0. The number of likely N-dealkylation sites (tertiary alicyclic amines) is 1. The van der Waals surface area contributed by atoms with Crippen molar-refractivity contribution >= 4 is 29.9 Å². The van der Waals surface area contributed by atoms with Crippen LogP contribution in [-0.2, 0) is 11.3 Å². The lowest BCUT2D eigenvalue weighted by molar-refractivity contribution is 0.0392.